The van der Waals surface area contributed by atoms with Gasteiger partial charge in [0.2, 0.25) is 0 Å². The van der Waals surface area contributed by atoms with Gasteiger partial charge in [-0.05, 0) is 105 Å². The lowest BCUT2D eigenvalue weighted by atomic mass is 9.91. The van der Waals surface area contributed by atoms with Gasteiger partial charge in [-0.25, -0.2) is 0 Å². The van der Waals surface area contributed by atoms with Crippen molar-refractivity contribution in [3.63, 3.8) is 0 Å². The van der Waals surface area contributed by atoms with Crippen LogP contribution in [0.2, 0.25) is 0 Å². The zero-order valence-electron chi connectivity index (χ0n) is 25.8. The first-order valence-corrected chi connectivity index (χ1v) is 19.5. The van der Waals surface area contributed by atoms with Crippen molar-refractivity contribution >= 4 is 65.6 Å². The summed E-state index contributed by atoms with van der Waals surface area (Å²) in [6.45, 7) is -1.92. The zero-order valence-corrected chi connectivity index (χ0v) is 27.9. The minimum absolute atomic E-state index is 0.808. The lowest BCUT2D eigenvalue weighted by Gasteiger charge is -2.23. The number of hydrogen-bond acceptors (Lipinski definition) is 1. The summed E-state index contributed by atoms with van der Waals surface area (Å²) < 4.78 is 0. The molecule has 7 aromatic carbocycles. The zero-order chi connectivity index (χ0) is 31.4. The van der Waals surface area contributed by atoms with Crippen LogP contribution in [0.3, 0.4) is 0 Å². The van der Waals surface area contributed by atoms with Crippen molar-refractivity contribution in [2.24, 2.45) is 4.99 Å². The maximum Gasteiger partial charge on any atom is 0.124 e. The van der Waals surface area contributed by atoms with Gasteiger partial charge >= 0.3 is 0 Å². The maximum atomic E-state index is 5.29. The Morgan fingerprint density at radius 2 is 1.09 bits per heavy atom. The van der Waals surface area contributed by atoms with Gasteiger partial charge in [0, 0.05) is 26.5 Å². The summed E-state index contributed by atoms with van der Waals surface area (Å²) in [4.78, 5) is 5.29. The SMILES string of the molecule is P[P+](c1ccccc1)(c1ccccc1)c1ccc2ccc(-c3ccc4c(c3)C3=Nc5ccccc5C=C(C3)c3ccccc3-4)cc2c1. The molecule has 47 heavy (non-hydrogen) atoms. The van der Waals surface area contributed by atoms with E-state index in [0.29, 0.717) is 0 Å². The number of fused-ring (bicyclic) bond motifs is 9. The van der Waals surface area contributed by atoms with E-state index in [1.54, 1.807) is 0 Å². The van der Waals surface area contributed by atoms with Gasteiger partial charge < -0.3 is 0 Å². The van der Waals surface area contributed by atoms with Crippen LogP contribution in [-0.2, 0) is 0 Å². The number of allylic oxidation sites excluding steroid dienone is 1. The molecule has 1 unspecified atom stereocenters. The van der Waals surface area contributed by atoms with E-state index in [-0.39, 0.29) is 0 Å². The highest BCUT2D eigenvalue weighted by molar-refractivity contribution is 8.36. The first kappa shape index (κ1) is 28.3. The van der Waals surface area contributed by atoms with E-state index >= 15 is 0 Å². The van der Waals surface area contributed by atoms with Gasteiger partial charge in [-0.2, -0.15) is 0 Å². The van der Waals surface area contributed by atoms with E-state index < -0.39 is 6.95 Å². The highest BCUT2D eigenvalue weighted by Gasteiger charge is 2.40. The molecule has 1 atom stereocenters. The van der Waals surface area contributed by atoms with E-state index in [2.05, 4.69) is 179 Å². The van der Waals surface area contributed by atoms with Crippen LogP contribution < -0.4 is 15.9 Å². The third-order valence-electron chi connectivity index (χ3n) is 9.66. The summed E-state index contributed by atoms with van der Waals surface area (Å²) in [7, 11) is 3.30. The number of nitrogens with zero attached hydrogens (tertiary/aromatic N) is 1. The number of benzene rings is 7. The molecular formula is C44H32NP2+. The first-order valence-electron chi connectivity index (χ1n) is 16.1. The largest absolute Gasteiger partial charge is 0.252 e. The molecule has 1 nitrogen and oxygen atoms in total. The molecule has 0 radical (unpaired) electrons. The van der Waals surface area contributed by atoms with Crippen molar-refractivity contribution in [3.05, 3.63) is 180 Å². The average Bonchev–Trinajstić information content (AvgIpc) is 3.41. The second-order valence-corrected chi connectivity index (χ2v) is 17.7. The van der Waals surface area contributed by atoms with E-state index in [1.165, 1.54) is 71.2 Å². The lowest BCUT2D eigenvalue weighted by molar-refractivity contribution is 1.43. The van der Waals surface area contributed by atoms with Crippen LogP contribution >= 0.6 is 15.9 Å². The van der Waals surface area contributed by atoms with E-state index in [1.807, 2.05) is 0 Å². The normalized spacial score (nSPS) is 13.4. The molecule has 2 bridgehead atoms. The number of rotatable bonds is 4. The van der Waals surface area contributed by atoms with Gasteiger partial charge in [0.05, 0.1) is 11.4 Å². The lowest BCUT2D eigenvalue weighted by Crippen LogP contribution is -2.26. The van der Waals surface area contributed by atoms with Crippen LogP contribution in [0.25, 0.3) is 44.7 Å². The fraction of sp³-hybridized carbons (Fsp3) is 0.0227. The van der Waals surface area contributed by atoms with Crippen molar-refractivity contribution in [1.29, 1.82) is 0 Å². The molecule has 222 valence electrons. The molecule has 7 aromatic rings. The summed E-state index contributed by atoms with van der Waals surface area (Å²) in [5, 5.41) is 6.58. The van der Waals surface area contributed by atoms with Crippen LogP contribution in [0.5, 0.6) is 0 Å². The van der Waals surface area contributed by atoms with Crippen molar-refractivity contribution in [2.75, 3.05) is 0 Å². The topological polar surface area (TPSA) is 12.4 Å². The number of para-hydroxylation sites is 1. The Bertz CT molecular complexity index is 2350. The maximum absolute atomic E-state index is 5.29. The average molecular weight is 637 g/mol. The standard InChI is InChI=1S/C44H32NP2/c46-47(36-12-3-1-4-13-36,37-14-5-2-6-15-37)38-23-21-30-19-20-31(25-34(30)27-38)32-22-24-41-40-17-9-8-16-39(40)35-26-33-11-7-10-18-43(33)45-44(29-35)42(41)28-32/h1-28H,29,46H2/q+1. The van der Waals surface area contributed by atoms with Crippen molar-refractivity contribution in [2.45, 2.75) is 6.42 Å². The van der Waals surface area contributed by atoms with Crippen LogP contribution in [0.4, 0.5) is 5.69 Å². The molecular weight excluding hydrogens is 604 g/mol. The molecule has 0 aromatic heterocycles. The van der Waals surface area contributed by atoms with Gasteiger partial charge in [0.1, 0.15) is 22.9 Å². The van der Waals surface area contributed by atoms with Crippen LogP contribution in [0.15, 0.2) is 169 Å². The predicted octanol–water partition coefficient (Wildman–Crippen LogP) is 10.6. The summed E-state index contributed by atoms with van der Waals surface area (Å²) >= 11 is 0. The van der Waals surface area contributed by atoms with Crippen LogP contribution in [0, 0.1) is 0 Å². The molecule has 0 amide bonds. The van der Waals surface area contributed by atoms with Crippen molar-refractivity contribution in [3.8, 4) is 22.3 Å². The molecule has 3 heteroatoms. The predicted molar refractivity (Wildman–Crippen MR) is 208 cm³/mol. The molecule has 0 saturated heterocycles. The fourth-order valence-electron chi connectivity index (χ4n) is 7.25. The van der Waals surface area contributed by atoms with Crippen molar-refractivity contribution in [1.82, 2.24) is 0 Å². The Labute approximate surface area is 278 Å². The molecule has 1 heterocycles. The minimum Gasteiger partial charge on any atom is -0.252 e. The van der Waals surface area contributed by atoms with E-state index in [4.69, 9.17) is 4.99 Å². The minimum atomic E-state index is -1.92. The Kier molecular flexibility index (Phi) is 6.86. The fourth-order valence-corrected chi connectivity index (χ4v) is 11.6. The number of aliphatic imine (C=N–C) groups is 1. The summed E-state index contributed by atoms with van der Waals surface area (Å²) in [6.07, 6.45) is 3.14. The third-order valence-corrected chi connectivity index (χ3v) is 15.7. The van der Waals surface area contributed by atoms with Gasteiger partial charge in [0.15, 0.2) is 0 Å². The van der Waals surface area contributed by atoms with Gasteiger partial charge in [-0.1, -0.05) is 109 Å². The van der Waals surface area contributed by atoms with Crippen LogP contribution in [0.1, 0.15) is 23.1 Å². The number of hydrogen-bond donors (Lipinski definition) is 0. The first-order chi connectivity index (χ1) is 23.1. The Morgan fingerprint density at radius 1 is 0.468 bits per heavy atom. The third kappa shape index (κ3) is 4.82. The Hall–Kier alpha value is -4.93. The summed E-state index contributed by atoms with van der Waals surface area (Å²) in [5.41, 5.74) is 12.1. The molecule has 0 N–H and O–H groups in total. The smallest absolute Gasteiger partial charge is 0.124 e. The summed E-state index contributed by atoms with van der Waals surface area (Å²) in [5.74, 6) is 0. The highest BCUT2D eigenvalue weighted by Crippen LogP contribution is 2.63. The van der Waals surface area contributed by atoms with Gasteiger partial charge in [-0.3, -0.25) is 4.99 Å². The summed E-state index contributed by atoms with van der Waals surface area (Å²) in [6, 6.07) is 60.1. The van der Waals surface area contributed by atoms with Gasteiger partial charge in [0.25, 0.3) is 0 Å². The van der Waals surface area contributed by atoms with Crippen molar-refractivity contribution < 1.29 is 0 Å². The van der Waals surface area contributed by atoms with Crippen LogP contribution in [-0.4, -0.2) is 5.71 Å². The Morgan fingerprint density at radius 3 is 1.87 bits per heavy atom. The quantitative estimate of drug-likeness (QED) is 0.171. The molecule has 9 rings (SSSR count). The van der Waals surface area contributed by atoms with E-state index in [9.17, 15) is 0 Å². The van der Waals surface area contributed by atoms with Gasteiger partial charge in [-0.15, -0.1) is 0 Å². The molecule has 1 aliphatic heterocycles. The van der Waals surface area contributed by atoms with E-state index in [0.717, 1.165) is 17.8 Å². The second-order valence-electron chi connectivity index (χ2n) is 12.4. The monoisotopic (exact) mass is 636 g/mol. The molecule has 0 spiro atoms. The Balaban J connectivity index is 1.20. The molecule has 0 fully saturated rings. The highest BCUT2D eigenvalue weighted by atomic mass is 32.1. The molecule has 1 aliphatic carbocycles. The second kappa shape index (κ2) is 11.4. The molecule has 0 saturated carbocycles. The molecule has 2 aliphatic rings.